The second kappa shape index (κ2) is 8.88. The molecule has 0 aromatic heterocycles. The molecule has 3 nitrogen and oxygen atoms in total. The molecule has 0 bridgehead atoms. The number of phenolic OH excluding ortho intramolecular Hbond substituents is 2. The Balaban J connectivity index is 1.78. The summed E-state index contributed by atoms with van der Waals surface area (Å²) in [7, 11) is -3.09. The molecule has 0 aliphatic carbocycles. The third kappa shape index (κ3) is 7.35. The zero-order valence-electron chi connectivity index (χ0n) is 16.5. The van der Waals surface area contributed by atoms with Crippen LogP contribution >= 0.6 is 0 Å². The van der Waals surface area contributed by atoms with E-state index < -0.39 is 16.4 Å². The number of benzene rings is 2. The van der Waals surface area contributed by atoms with E-state index in [2.05, 4.69) is 26.2 Å². The summed E-state index contributed by atoms with van der Waals surface area (Å²) in [6.07, 6.45) is 2.98. The lowest BCUT2D eigenvalue weighted by molar-refractivity contribution is 0.365. The van der Waals surface area contributed by atoms with Gasteiger partial charge in [-0.1, -0.05) is 43.4 Å². The molecule has 5 heteroatoms. The summed E-state index contributed by atoms with van der Waals surface area (Å²) in [6, 6.07) is 17.3. The number of aromatic hydroxyl groups is 2. The van der Waals surface area contributed by atoms with Crippen LogP contribution in [0.2, 0.25) is 38.3 Å². The van der Waals surface area contributed by atoms with Gasteiger partial charge in [0.2, 0.25) is 0 Å². The lowest BCUT2D eigenvalue weighted by Gasteiger charge is -2.30. The zero-order valence-corrected chi connectivity index (χ0v) is 18.5. The Morgan fingerprint density at radius 1 is 0.692 bits per heavy atom. The number of hydrogen-bond acceptors (Lipinski definition) is 3. The Morgan fingerprint density at radius 2 is 1.12 bits per heavy atom. The highest BCUT2D eigenvalue weighted by molar-refractivity contribution is 6.79. The molecule has 0 unspecified atom stereocenters. The maximum atomic E-state index is 9.39. The van der Waals surface area contributed by atoms with Crippen LogP contribution in [-0.4, -0.2) is 32.8 Å². The molecule has 0 radical (unpaired) electrons. The Morgan fingerprint density at radius 3 is 1.58 bits per heavy atom. The average Bonchev–Trinajstić information content (AvgIpc) is 2.60. The van der Waals surface area contributed by atoms with E-state index in [0.29, 0.717) is 11.5 Å². The van der Waals surface area contributed by atoms with Crippen LogP contribution < -0.4 is 0 Å². The SMILES string of the molecule is C[Si](C)(CCc1ccc(O)cc1)CO[Si](C)(C)CCc1ccc(O)cc1. The molecule has 0 atom stereocenters. The lowest BCUT2D eigenvalue weighted by atomic mass is 10.2. The molecule has 2 aromatic carbocycles. The molecule has 0 heterocycles. The molecule has 0 fully saturated rings. The van der Waals surface area contributed by atoms with Gasteiger partial charge in [-0.3, -0.25) is 0 Å². The van der Waals surface area contributed by atoms with E-state index in [4.69, 9.17) is 4.43 Å². The van der Waals surface area contributed by atoms with Gasteiger partial charge in [-0.25, -0.2) is 0 Å². The lowest BCUT2D eigenvalue weighted by Crippen LogP contribution is -2.41. The van der Waals surface area contributed by atoms with Crippen molar-refractivity contribution in [2.75, 3.05) is 6.23 Å². The maximum absolute atomic E-state index is 9.39. The smallest absolute Gasteiger partial charge is 0.186 e. The first-order chi connectivity index (χ1) is 12.2. The standard InChI is InChI=1S/C21H32O3Si2/c1-25(2,15-13-18-5-9-20(22)10-6-18)17-24-26(3,4)16-14-19-7-11-21(23)12-8-19/h5-12,22-23H,13-17H2,1-4H3. The van der Waals surface area contributed by atoms with Crippen molar-refractivity contribution < 1.29 is 14.6 Å². The predicted molar refractivity (Wildman–Crippen MR) is 114 cm³/mol. The zero-order chi connectivity index (χ0) is 19.2. The molecular weight excluding hydrogens is 356 g/mol. The molecule has 2 rings (SSSR count). The average molecular weight is 389 g/mol. The largest absolute Gasteiger partial charge is 0.508 e. The second-order valence-electron chi connectivity index (χ2n) is 8.55. The van der Waals surface area contributed by atoms with Gasteiger partial charge in [0.05, 0.1) is 8.07 Å². The Kier molecular flexibility index (Phi) is 7.09. The minimum Gasteiger partial charge on any atom is -0.508 e. The minimum atomic E-state index is -1.69. The summed E-state index contributed by atoms with van der Waals surface area (Å²) in [5, 5.41) is 18.8. The first-order valence-electron chi connectivity index (χ1n) is 9.35. The Labute approximate surface area is 159 Å². The molecule has 0 amide bonds. The summed E-state index contributed by atoms with van der Waals surface area (Å²) in [5.41, 5.74) is 2.54. The van der Waals surface area contributed by atoms with Crippen LogP contribution in [0.4, 0.5) is 0 Å². The van der Waals surface area contributed by atoms with E-state index in [-0.39, 0.29) is 0 Å². The highest BCUT2D eigenvalue weighted by atomic mass is 28.4. The normalized spacial score (nSPS) is 12.3. The van der Waals surface area contributed by atoms with Crippen LogP contribution in [0.3, 0.4) is 0 Å². The maximum Gasteiger partial charge on any atom is 0.186 e. The van der Waals surface area contributed by atoms with Gasteiger partial charge in [-0.15, -0.1) is 0 Å². The van der Waals surface area contributed by atoms with Gasteiger partial charge in [0, 0.05) is 6.23 Å². The van der Waals surface area contributed by atoms with E-state index in [1.165, 1.54) is 17.2 Å². The first-order valence-corrected chi connectivity index (χ1v) is 15.9. The highest BCUT2D eigenvalue weighted by Crippen LogP contribution is 2.22. The second-order valence-corrected chi connectivity index (χ2v) is 18.0. The van der Waals surface area contributed by atoms with Crippen molar-refractivity contribution in [3.8, 4) is 11.5 Å². The number of rotatable bonds is 9. The molecule has 0 spiro atoms. The summed E-state index contributed by atoms with van der Waals surface area (Å²) in [5.74, 6) is 0.651. The van der Waals surface area contributed by atoms with Crippen molar-refractivity contribution in [3.05, 3.63) is 59.7 Å². The van der Waals surface area contributed by atoms with E-state index in [0.717, 1.165) is 25.1 Å². The predicted octanol–water partition coefficient (Wildman–Crippen LogP) is 5.35. The third-order valence-electron chi connectivity index (χ3n) is 4.83. The van der Waals surface area contributed by atoms with Crippen molar-refractivity contribution in [2.45, 2.75) is 51.1 Å². The number of hydrogen-bond donors (Lipinski definition) is 2. The summed E-state index contributed by atoms with van der Waals surface area (Å²) < 4.78 is 6.46. The van der Waals surface area contributed by atoms with Crippen molar-refractivity contribution >= 4 is 16.4 Å². The monoisotopic (exact) mass is 388 g/mol. The summed E-state index contributed by atoms with van der Waals surface area (Å²) in [4.78, 5) is 0. The van der Waals surface area contributed by atoms with Crippen molar-refractivity contribution in [2.24, 2.45) is 0 Å². The minimum absolute atomic E-state index is 0.322. The van der Waals surface area contributed by atoms with Gasteiger partial charge in [0.1, 0.15) is 11.5 Å². The molecule has 142 valence electrons. The van der Waals surface area contributed by atoms with E-state index in [9.17, 15) is 10.2 Å². The molecule has 0 aliphatic rings. The molecule has 2 N–H and O–H groups in total. The third-order valence-corrected chi connectivity index (χ3v) is 10.0. The van der Waals surface area contributed by atoms with Crippen LogP contribution in [0.5, 0.6) is 11.5 Å². The molecule has 0 aliphatic heterocycles. The molecule has 26 heavy (non-hydrogen) atoms. The van der Waals surface area contributed by atoms with Gasteiger partial charge < -0.3 is 14.6 Å². The summed E-state index contributed by atoms with van der Waals surface area (Å²) >= 11 is 0. The van der Waals surface area contributed by atoms with Gasteiger partial charge in [0.25, 0.3) is 0 Å². The topological polar surface area (TPSA) is 49.7 Å². The van der Waals surface area contributed by atoms with E-state index >= 15 is 0 Å². The van der Waals surface area contributed by atoms with Crippen molar-refractivity contribution in [1.29, 1.82) is 0 Å². The van der Waals surface area contributed by atoms with Crippen LogP contribution in [0.15, 0.2) is 48.5 Å². The quantitative estimate of drug-likeness (QED) is 0.569. The molecule has 0 saturated heterocycles. The van der Waals surface area contributed by atoms with Crippen LogP contribution in [0, 0.1) is 0 Å². The van der Waals surface area contributed by atoms with Crippen LogP contribution in [0.25, 0.3) is 0 Å². The first kappa shape index (κ1) is 20.7. The van der Waals surface area contributed by atoms with Gasteiger partial charge >= 0.3 is 0 Å². The number of aryl methyl sites for hydroxylation is 2. The fourth-order valence-corrected chi connectivity index (χ4v) is 8.06. The molecule has 0 saturated carbocycles. The van der Waals surface area contributed by atoms with Crippen LogP contribution in [0.1, 0.15) is 11.1 Å². The van der Waals surface area contributed by atoms with Crippen molar-refractivity contribution in [3.63, 3.8) is 0 Å². The van der Waals surface area contributed by atoms with E-state index in [1.54, 1.807) is 24.3 Å². The highest BCUT2D eigenvalue weighted by Gasteiger charge is 2.28. The number of phenols is 2. The molecular formula is C21H32O3Si2. The van der Waals surface area contributed by atoms with Gasteiger partial charge in [-0.05, 0) is 67.4 Å². The van der Waals surface area contributed by atoms with Crippen LogP contribution in [-0.2, 0) is 17.3 Å². The fourth-order valence-electron chi connectivity index (χ4n) is 2.79. The fraction of sp³-hybridized carbons (Fsp3) is 0.429. The summed E-state index contributed by atoms with van der Waals surface area (Å²) in [6.45, 7) is 9.41. The van der Waals surface area contributed by atoms with Gasteiger partial charge in [-0.2, -0.15) is 0 Å². The Hall–Kier alpha value is -1.57. The van der Waals surface area contributed by atoms with Crippen molar-refractivity contribution in [1.82, 2.24) is 0 Å². The Bertz CT molecular complexity index is 618. The molecule has 2 aromatic rings. The van der Waals surface area contributed by atoms with E-state index in [1.807, 2.05) is 24.3 Å². The van der Waals surface area contributed by atoms with Gasteiger partial charge in [0.15, 0.2) is 8.32 Å².